The minimum atomic E-state index is -0.0195. The predicted molar refractivity (Wildman–Crippen MR) is 105 cm³/mol. The van der Waals surface area contributed by atoms with Gasteiger partial charge in [0.15, 0.2) is 5.96 Å². The second-order valence-corrected chi connectivity index (χ2v) is 7.38. The molecule has 0 spiro atoms. The van der Waals surface area contributed by atoms with Crippen LogP contribution < -0.4 is 10.6 Å². The van der Waals surface area contributed by atoms with Crippen molar-refractivity contribution < 1.29 is 14.3 Å². The van der Waals surface area contributed by atoms with Crippen LogP contribution in [0, 0.1) is 0 Å². The molecule has 8 heteroatoms. The first-order valence-corrected chi connectivity index (χ1v) is 9.97. The van der Waals surface area contributed by atoms with E-state index < -0.39 is 0 Å². The Balaban J connectivity index is 1.69. The Kier molecular flexibility index (Phi) is 9.44. The lowest BCUT2D eigenvalue weighted by Crippen LogP contribution is -2.40. The third kappa shape index (κ3) is 8.16. The normalized spacial score (nSPS) is 17.3. The summed E-state index contributed by atoms with van der Waals surface area (Å²) < 4.78 is 11.1. The minimum absolute atomic E-state index is 0.0195. The van der Waals surface area contributed by atoms with E-state index in [9.17, 15) is 4.79 Å². The van der Waals surface area contributed by atoms with Crippen molar-refractivity contribution in [2.75, 3.05) is 53.6 Å². The van der Waals surface area contributed by atoms with Crippen LogP contribution in [-0.4, -0.2) is 76.4 Å². The average molecular weight is 383 g/mol. The lowest BCUT2D eigenvalue weighted by molar-refractivity contribution is -0.127. The number of nitrogens with one attached hydrogen (secondary N) is 2. The molecule has 1 aliphatic heterocycles. The summed E-state index contributed by atoms with van der Waals surface area (Å²) in [6.07, 6.45) is 3.04. The number of guanidine groups is 1. The Morgan fingerprint density at radius 2 is 2.27 bits per heavy atom. The Hall–Kier alpha value is -1.64. The first-order valence-electron chi connectivity index (χ1n) is 9.09. The summed E-state index contributed by atoms with van der Waals surface area (Å²) >= 11 is 1.75. The number of carbonyl (C=O) groups excluding carboxylic acids is 1. The van der Waals surface area contributed by atoms with Crippen molar-refractivity contribution in [1.82, 2.24) is 15.5 Å². The van der Waals surface area contributed by atoms with Gasteiger partial charge in [-0.2, -0.15) is 0 Å². The van der Waals surface area contributed by atoms with Crippen LogP contribution in [0.15, 0.2) is 22.5 Å². The lowest BCUT2D eigenvalue weighted by Gasteiger charge is -2.14. The van der Waals surface area contributed by atoms with Crippen LogP contribution in [0.3, 0.4) is 0 Å². The van der Waals surface area contributed by atoms with Crippen molar-refractivity contribution in [1.29, 1.82) is 0 Å². The number of aliphatic imine (C=N–C) groups is 1. The van der Waals surface area contributed by atoms with Crippen molar-refractivity contribution in [3.8, 4) is 0 Å². The van der Waals surface area contributed by atoms with E-state index in [1.54, 1.807) is 30.3 Å². The third-order valence-electron chi connectivity index (χ3n) is 3.97. The maximum atomic E-state index is 11.8. The number of hydrogen-bond donors (Lipinski definition) is 2. The molecule has 2 N–H and O–H groups in total. The van der Waals surface area contributed by atoms with E-state index in [-0.39, 0.29) is 18.6 Å². The smallest absolute Gasteiger partial charge is 0.243 e. The molecule has 0 aromatic carbocycles. The van der Waals surface area contributed by atoms with Gasteiger partial charge in [-0.15, -0.1) is 11.3 Å². The maximum absolute atomic E-state index is 11.8. The SMILES string of the molecule is CN(C)C(=O)CN=C(NCCCOC1CCOC1)NCCc1cccs1. The fraction of sp³-hybridized carbons (Fsp3) is 0.667. The van der Waals surface area contributed by atoms with Crippen molar-refractivity contribution in [2.24, 2.45) is 4.99 Å². The summed E-state index contributed by atoms with van der Waals surface area (Å²) in [7, 11) is 3.47. The van der Waals surface area contributed by atoms with Gasteiger partial charge in [0, 0.05) is 45.3 Å². The molecule has 1 aromatic rings. The fourth-order valence-electron chi connectivity index (χ4n) is 2.39. The zero-order valence-electron chi connectivity index (χ0n) is 15.7. The topological polar surface area (TPSA) is 75.2 Å². The lowest BCUT2D eigenvalue weighted by atomic mass is 10.3. The highest BCUT2D eigenvalue weighted by Gasteiger charge is 2.15. The molecule has 1 fully saturated rings. The van der Waals surface area contributed by atoms with Gasteiger partial charge in [-0.25, -0.2) is 4.99 Å². The largest absolute Gasteiger partial charge is 0.379 e. The minimum Gasteiger partial charge on any atom is -0.379 e. The van der Waals surface area contributed by atoms with Crippen LogP contribution in [0.5, 0.6) is 0 Å². The molecule has 1 saturated heterocycles. The first-order chi connectivity index (χ1) is 12.6. The molecule has 146 valence electrons. The van der Waals surface area contributed by atoms with E-state index in [2.05, 4.69) is 33.1 Å². The Labute approximate surface area is 159 Å². The van der Waals surface area contributed by atoms with Crippen molar-refractivity contribution in [3.05, 3.63) is 22.4 Å². The number of rotatable bonds is 10. The number of nitrogens with zero attached hydrogens (tertiary/aromatic N) is 2. The zero-order chi connectivity index (χ0) is 18.6. The monoisotopic (exact) mass is 382 g/mol. The standard InChI is InChI=1S/C18H30N4O3S/c1-22(2)17(23)13-21-18(20-9-6-16-5-3-12-26-16)19-8-4-10-25-15-7-11-24-14-15/h3,5,12,15H,4,6-11,13-14H2,1-2H3,(H2,19,20,21). The van der Waals surface area contributed by atoms with E-state index in [1.165, 1.54) is 4.88 Å². The van der Waals surface area contributed by atoms with Gasteiger partial charge in [0.2, 0.25) is 5.91 Å². The van der Waals surface area contributed by atoms with E-state index in [0.29, 0.717) is 19.2 Å². The van der Waals surface area contributed by atoms with Gasteiger partial charge >= 0.3 is 0 Å². The zero-order valence-corrected chi connectivity index (χ0v) is 16.5. The summed E-state index contributed by atoms with van der Waals surface area (Å²) in [6, 6.07) is 4.18. The molecule has 1 amide bonds. The molecule has 2 rings (SSSR count). The summed E-state index contributed by atoms with van der Waals surface area (Å²) in [5, 5.41) is 8.66. The molecule has 7 nitrogen and oxygen atoms in total. The van der Waals surface area contributed by atoms with Crippen LogP contribution in [0.2, 0.25) is 0 Å². The van der Waals surface area contributed by atoms with Gasteiger partial charge in [-0.3, -0.25) is 4.79 Å². The maximum Gasteiger partial charge on any atom is 0.243 e. The second-order valence-electron chi connectivity index (χ2n) is 6.35. The van der Waals surface area contributed by atoms with Gasteiger partial charge in [0.05, 0.1) is 12.7 Å². The van der Waals surface area contributed by atoms with E-state index >= 15 is 0 Å². The summed E-state index contributed by atoms with van der Waals surface area (Å²) in [5.74, 6) is 0.648. The molecule has 0 bridgehead atoms. The van der Waals surface area contributed by atoms with Gasteiger partial charge in [-0.05, 0) is 30.7 Å². The molecule has 1 aliphatic rings. The highest BCUT2D eigenvalue weighted by molar-refractivity contribution is 7.09. The quantitative estimate of drug-likeness (QED) is 0.360. The van der Waals surface area contributed by atoms with Crippen molar-refractivity contribution >= 4 is 23.2 Å². The van der Waals surface area contributed by atoms with Crippen molar-refractivity contribution in [3.63, 3.8) is 0 Å². The molecule has 2 heterocycles. The summed E-state index contributed by atoms with van der Waals surface area (Å²) in [4.78, 5) is 19.0. The van der Waals surface area contributed by atoms with E-state index in [0.717, 1.165) is 39.0 Å². The van der Waals surface area contributed by atoms with Crippen LogP contribution in [0.4, 0.5) is 0 Å². The molecule has 0 saturated carbocycles. The first kappa shape index (κ1) is 20.7. The van der Waals surface area contributed by atoms with Crippen LogP contribution in [0.25, 0.3) is 0 Å². The number of amides is 1. The number of thiophene rings is 1. The molecule has 1 aromatic heterocycles. The van der Waals surface area contributed by atoms with E-state index in [4.69, 9.17) is 9.47 Å². The van der Waals surface area contributed by atoms with Gasteiger partial charge in [0.1, 0.15) is 6.54 Å². The van der Waals surface area contributed by atoms with Crippen LogP contribution >= 0.6 is 11.3 Å². The van der Waals surface area contributed by atoms with E-state index in [1.807, 2.05) is 0 Å². The second kappa shape index (κ2) is 11.9. The Morgan fingerprint density at radius 1 is 1.42 bits per heavy atom. The average Bonchev–Trinajstić information content (AvgIpc) is 3.32. The van der Waals surface area contributed by atoms with Gasteiger partial charge in [0.25, 0.3) is 0 Å². The highest BCUT2D eigenvalue weighted by Crippen LogP contribution is 2.08. The number of ether oxygens (including phenoxy) is 2. The molecular formula is C18H30N4O3S. The molecule has 26 heavy (non-hydrogen) atoms. The molecule has 0 radical (unpaired) electrons. The summed E-state index contributed by atoms with van der Waals surface area (Å²) in [5.41, 5.74) is 0. The van der Waals surface area contributed by atoms with Crippen molar-refractivity contribution in [2.45, 2.75) is 25.4 Å². The number of carbonyl (C=O) groups is 1. The fourth-order valence-corrected chi connectivity index (χ4v) is 3.10. The van der Waals surface area contributed by atoms with Gasteiger partial charge < -0.3 is 25.0 Å². The van der Waals surface area contributed by atoms with Crippen LogP contribution in [-0.2, 0) is 20.7 Å². The van der Waals surface area contributed by atoms with Gasteiger partial charge in [-0.1, -0.05) is 6.07 Å². The Morgan fingerprint density at radius 3 is 2.96 bits per heavy atom. The molecule has 1 unspecified atom stereocenters. The number of likely N-dealkylation sites (N-methyl/N-ethyl adjacent to an activating group) is 1. The predicted octanol–water partition coefficient (Wildman–Crippen LogP) is 1.11. The molecule has 0 aliphatic carbocycles. The highest BCUT2D eigenvalue weighted by atomic mass is 32.1. The number of hydrogen-bond acceptors (Lipinski definition) is 5. The summed E-state index contributed by atoms with van der Waals surface area (Å²) in [6.45, 7) is 3.86. The Bertz CT molecular complexity index is 543. The third-order valence-corrected chi connectivity index (χ3v) is 4.91. The van der Waals surface area contributed by atoms with Crippen LogP contribution in [0.1, 0.15) is 17.7 Å². The molecular weight excluding hydrogens is 352 g/mol. The molecule has 1 atom stereocenters.